The average molecular weight is 240 g/mol. The van der Waals surface area contributed by atoms with Crippen LogP contribution in [0.15, 0.2) is 10.8 Å². The van der Waals surface area contributed by atoms with Gasteiger partial charge in [-0.25, -0.2) is 14.8 Å². The topological polar surface area (TPSA) is 52.1 Å². The van der Waals surface area contributed by atoms with Crippen molar-refractivity contribution >= 4 is 28.6 Å². The van der Waals surface area contributed by atoms with Crippen molar-refractivity contribution in [2.24, 2.45) is 0 Å². The maximum Gasteiger partial charge on any atom is 0.357 e. The van der Waals surface area contributed by atoms with Crippen LogP contribution in [0.1, 0.15) is 15.5 Å². The van der Waals surface area contributed by atoms with E-state index in [1.807, 2.05) is 12.3 Å². The van der Waals surface area contributed by atoms with Crippen molar-refractivity contribution in [2.75, 3.05) is 7.11 Å². The standard InChI is InChI=1S/C9H8N2O2S2/c1-5-10-6(3-14-5)8-11-7(4-15-8)9(12)13-2/h3-4H,1-2H3. The van der Waals surface area contributed by atoms with Gasteiger partial charge in [0.2, 0.25) is 0 Å². The van der Waals surface area contributed by atoms with Crippen LogP contribution in [0.2, 0.25) is 0 Å². The highest BCUT2D eigenvalue weighted by molar-refractivity contribution is 7.14. The number of hydrogen-bond acceptors (Lipinski definition) is 6. The fourth-order valence-corrected chi connectivity index (χ4v) is 2.47. The minimum absolute atomic E-state index is 0.336. The lowest BCUT2D eigenvalue weighted by molar-refractivity contribution is 0.0595. The summed E-state index contributed by atoms with van der Waals surface area (Å²) < 4.78 is 4.58. The van der Waals surface area contributed by atoms with Gasteiger partial charge < -0.3 is 4.74 Å². The van der Waals surface area contributed by atoms with Crippen LogP contribution in [0.25, 0.3) is 10.7 Å². The molecule has 0 spiro atoms. The third-order valence-electron chi connectivity index (χ3n) is 1.74. The van der Waals surface area contributed by atoms with E-state index in [1.54, 1.807) is 16.7 Å². The number of hydrogen-bond donors (Lipinski definition) is 0. The average Bonchev–Trinajstić information content (AvgIpc) is 2.84. The predicted octanol–water partition coefficient (Wildman–Crippen LogP) is 2.36. The fourth-order valence-electron chi connectivity index (χ4n) is 1.05. The van der Waals surface area contributed by atoms with Crippen LogP contribution in [0.3, 0.4) is 0 Å². The number of esters is 1. The van der Waals surface area contributed by atoms with Gasteiger partial charge in [0.25, 0.3) is 0 Å². The van der Waals surface area contributed by atoms with Crippen molar-refractivity contribution in [3.05, 3.63) is 21.5 Å². The second kappa shape index (κ2) is 4.08. The molecular weight excluding hydrogens is 232 g/mol. The van der Waals surface area contributed by atoms with Gasteiger partial charge in [-0.1, -0.05) is 0 Å². The Hall–Kier alpha value is -1.27. The normalized spacial score (nSPS) is 10.3. The summed E-state index contributed by atoms with van der Waals surface area (Å²) in [5.74, 6) is -0.413. The maximum atomic E-state index is 11.2. The first-order valence-electron chi connectivity index (χ1n) is 4.17. The van der Waals surface area contributed by atoms with Crippen LogP contribution in [-0.2, 0) is 4.74 Å². The Bertz CT molecular complexity index is 490. The van der Waals surface area contributed by atoms with E-state index in [0.29, 0.717) is 5.69 Å². The molecule has 0 unspecified atom stereocenters. The third-order valence-corrected chi connectivity index (χ3v) is 3.38. The monoisotopic (exact) mass is 240 g/mol. The summed E-state index contributed by atoms with van der Waals surface area (Å²) in [5.41, 5.74) is 1.15. The largest absolute Gasteiger partial charge is 0.464 e. The highest BCUT2D eigenvalue weighted by Gasteiger charge is 2.13. The lowest BCUT2D eigenvalue weighted by atomic mass is 10.5. The third kappa shape index (κ3) is 2.05. The zero-order valence-electron chi connectivity index (χ0n) is 8.18. The van der Waals surface area contributed by atoms with Crippen molar-refractivity contribution in [3.8, 4) is 10.7 Å². The van der Waals surface area contributed by atoms with Gasteiger partial charge in [-0.05, 0) is 6.92 Å². The van der Waals surface area contributed by atoms with Gasteiger partial charge in [-0.2, -0.15) is 0 Å². The van der Waals surface area contributed by atoms with Gasteiger partial charge >= 0.3 is 5.97 Å². The molecule has 4 nitrogen and oxygen atoms in total. The SMILES string of the molecule is COC(=O)c1csc(-c2csc(C)n2)n1. The minimum atomic E-state index is -0.413. The molecule has 78 valence electrons. The number of thiazole rings is 2. The zero-order chi connectivity index (χ0) is 10.8. The van der Waals surface area contributed by atoms with Gasteiger partial charge in [0, 0.05) is 10.8 Å². The van der Waals surface area contributed by atoms with Gasteiger partial charge in [0.1, 0.15) is 10.7 Å². The van der Waals surface area contributed by atoms with Crippen LogP contribution in [0.4, 0.5) is 0 Å². The smallest absolute Gasteiger partial charge is 0.357 e. The molecule has 0 saturated carbocycles. The molecule has 0 amide bonds. The molecule has 0 aromatic carbocycles. The molecule has 0 radical (unpaired) electrons. The van der Waals surface area contributed by atoms with E-state index in [-0.39, 0.29) is 0 Å². The van der Waals surface area contributed by atoms with Crippen LogP contribution in [0.5, 0.6) is 0 Å². The Kier molecular flexibility index (Phi) is 2.79. The summed E-state index contributed by atoms with van der Waals surface area (Å²) in [5, 5.41) is 5.34. The number of methoxy groups -OCH3 is 1. The number of carbonyl (C=O) groups is 1. The minimum Gasteiger partial charge on any atom is -0.464 e. The van der Waals surface area contributed by atoms with E-state index >= 15 is 0 Å². The first kappa shape index (κ1) is 10.3. The molecule has 2 rings (SSSR count). The molecule has 2 heterocycles. The van der Waals surface area contributed by atoms with Gasteiger partial charge in [0.15, 0.2) is 5.69 Å². The van der Waals surface area contributed by atoms with Crippen molar-refractivity contribution in [1.82, 2.24) is 9.97 Å². The lowest BCUT2D eigenvalue weighted by Gasteiger charge is -1.91. The maximum absolute atomic E-state index is 11.2. The summed E-state index contributed by atoms with van der Waals surface area (Å²) >= 11 is 2.95. The predicted molar refractivity (Wildman–Crippen MR) is 59.3 cm³/mol. The molecule has 6 heteroatoms. The van der Waals surface area contributed by atoms with E-state index in [4.69, 9.17) is 0 Å². The molecule has 0 bridgehead atoms. The lowest BCUT2D eigenvalue weighted by Crippen LogP contribution is -2.00. The van der Waals surface area contributed by atoms with Crippen molar-refractivity contribution in [2.45, 2.75) is 6.92 Å². The second-order valence-corrected chi connectivity index (χ2v) is 4.70. The number of aryl methyl sites for hydroxylation is 1. The van der Waals surface area contributed by atoms with E-state index in [1.165, 1.54) is 18.4 Å². The van der Waals surface area contributed by atoms with E-state index in [9.17, 15) is 4.79 Å². The number of ether oxygens (including phenoxy) is 1. The fraction of sp³-hybridized carbons (Fsp3) is 0.222. The molecule has 0 atom stereocenters. The summed E-state index contributed by atoms with van der Waals surface area (Å²) in [6.45, 7) is 1.93. The first-order valence-corrected chi connectivity index (χ1v) is 5.93. The van der Waals surface area contributed by atoms with Crippen molar-refractivity contribution in [3.63, 3.8) is 0 Å². The highest BCUT2D eigenvalue weighted by Crippen LogP contribution is 2.25. The van der Waals surface area contributed by atoms with Crippen LogP contribution in [-0.4, -0.2) is 23.0 Å². The van der Waals surface area contributed by atoms with Crippen LogP contribution < -0.4 is 0 Å². The molecule has 0 N–H and O–H groups in total. The molecule has 0 aliphatic heterocycles. The summed E-state index contributed by atoms with van der Waals surface area (Å²) in [6.07, 6.45) is 0. The van der Waals surface area contributed by atoms with Crippen LogP contribution >= 0.6 is 22.7 Å². The Labute approximate surface area is 94.6 Å². The molecule has 0 fully saturated rings. The Morgan fingerprint density at radius 2 is 2.13 bits per heavy atom. The summed E-state index contributed by atoms with van der Waals surface area (Å²) in [6, 6.07) is 0. The Morgan fingerprint density at radius 3 is 2.73 bits per heavy atom. The van der Waals surface area contributed by atoms with Crippen molar-refractivity contribution in [1.29, 1.82) is 0 Å². The number of nitrogens with zero attached hydrogens (tertiary/aromatic N) is 2. The van der Waals surface area contributed by atoms with Gasteiger partial charge in [0.05, 0.1) is 12.1 Å². The number of aromatic nitrogens is 2. The molecule has 2 aromatic heterocycles. The molecule has 0 saturated heterocycles. The van der Waals surface area contributed by atoms with Gasteiger partial charge in [-0.3, -0.25) is 0 Å². The van der Waals surface area contributed by atoms with Crippen LogP contribution in [0, 0.1) is 6.92 Å². The molecular formula is C9H8N2O2S2. The highest BCUT2D eigenvalue weighted by atomic mass is 32.1. The molecule has 0 aliphatic rings. The second-order valence-electron chi connectivity index (χ2n) is 2.78. The van der Waals surface area contributed by atoms with Crippen molar-refractivity contribution < 1.29 is 9.53 Å². The number of carbonyl (C=O) groups excluding carboxylic acids is 1. The first-order chi connectivity index (χ1) is 7.20. The van der Waals surface area contributed by atoms with E-state index < -0.39 is 5.97 Å². The molecule has 2 aromatic rings. The molecule has 15 heavy (non-hydrogen) atoms. The Morgan fingerprint density at radius 1 is 1.33 bits per heavy atom. The summed E-state index contributed by atoms with van der Waals surface area (Å²) in [4.78, 5) is 19.6. The van der Waals surface area contributed by atoms with E-state index in [0.717, 1.165) is 15.7 Å². The molecule has 0 aliphatic carbocycles. The summed E-state index contributed by atoms with van der Waals surface area (Å²) in [7, 11) is 1.34. The Balaban J connectivity index is 2.31. The number of rotatable bonds is 2. The zero-order valence-corrected chi connectivity index (χ0v) is 9.82. The van der Waals surface area contributed by atoms with E-state index in [2.05, 4.69) is 14.7 Å². The quantitative estimate of drug-likeness (QED) is 0.756. The van der Waals surface area contributed by atoms with Gasteiger partial charge in [-0.15, -0.1) is 22.7 Å².